The molecule has 1 aromatic carbocycles. The number of ether oxygens (including phenoxy) is 1. The molecule has 21 heavy (non-hydrogen) atoms. The molecule has 118 valence electrons. The molecule has 2 atom stereocenters. The molecule has 0 aromatic heterocycles. The molecule has 0 aliphatic carbocycles. The van der Waals surface area contributed by atoms with Gasteiger partial charge in [-0.1, -0.05) is 40.5 Å². The third-order valence-corrected chi connectivity index (χ3v) is 4.87. The van der Waals surface area contributed by atoms with Crippen LogP contribution in [0.3, 0.4) is 0 Å². The molecular formula is C16H24BrClN2O. The van der Waals surface area contributed by atoms with Crippen molar-refractivity contribution in [3.05, 3.63) is 33.3 Å². The van der Waals surface area contributed by atoms with Gasteiger partial charge in [0.1, 0.15) is 0 Å². The van der Waals surface area contributed by atoms with Crippen LogP contribution in [0.25, 0.3) is 0 Å². The fourth-order valence-electron chi connectivity index (χ4n) is 2.73. The van der Waals surface area contributed by atoms with Gasteiger partial charge in [0.05, 0.1) is 6.10 Å². The van der Waals surface area contributed by atoms with Gasteiger partial charge in [0.25, 0.3) is 0 Å². The van der Waals surface area contributed by atoms with Gasteiger partial charge in [-0.2, -0.15) is 0 Å². The van der Waals surface area contributed by atoms with Crippen LogP contribution in [0.2, 0.25) is 5.02 Å². The van der Waals surface area contributed by atoms with Gasteiger partial charge in [0.2, 0.25) is 0 Å². The number of nitrogens with two attached hydrogens (primary N) is 1. The predicted octanol–water partition coefficient (Wildman–Crippen LogP) is 3.99. The van der Waals surface area contributed by atoms with E-state index in [4.69, 9.17) is 22.1 Å². The molecule has 0 radical (unpaired) electrons. The Morgan fingerprint density at radius 2 is 2.33 bits per heavy atom. The summed E-state index contributed by atoms with van der Waals surface area (Å²) >= 11 is 9.69. The maximum Gasteiger partial charge on any atom is 0.0702 e. The number of rotatable bonds is 7. The van der Waals surface area contributed by atoms with Gasteiger partial charge < -0.3 is 15.4 Å². The smallest absolute Gasteiger partial charge is 0.0702 e. The van der Waals surface area contributed by atoms with Crippen molar-refractivity contribution in [3.8, 4) is 0 Å². The quantitative estimate of drug-likeness (QED) is 0.783. The summed E-state index contributed by atoms with van der Waals surface area (Å²) in [5.41, 5.74) is 7.32. The van der Waals surface area contributed by atoms with Crippen molar-refractivity contribution >= 4 is 27.5 Å². The zero-order valence-corrected chi connectivity index (χ0v) is 14.9. The minimum atomic E-state index is -0.0239. The normalized spacial score (nSPS) is 20.1. The first-order chi connectivity index (χ1) is 10.1. The van der Waals surface area contributed by atoms with E-state index in [1.54, 1.807) is 0 Å². The minimum Gasteiger partial charge on any atom is -0.377 e. The SMILES string of the molecule is CCN(CCC(N)c1ccc(Br)cc1Cl)CC1CCCO1. The van der Waals surface area contributed by atoms with Gasteiger partial charge in [-0.25, -0.2) is 0 Å². The Morgan fingerprint density at radius 1 is 1.52 bits per heavy atom. The highest BCUT2D eigenvalue weighted by molar-refractivity contribution is 9.10. The van der Waals surface area contributed by atoms with E-state index in [2.05, 4.69) is 27.8 Å². The van der Waals surface area contributed by atoms with Crippen LogP contribution in [-0.4, -0.2) is 37.2 Å². The van der Waals surface area contributed by atoms with Crippen molar-refractivity contribution in [1.29, 1.82) is 0 Å². The van der Waals surface area contributed by atoms with E-state index in [9.17, 15) is 0 Å². The van der Waals surface area contributed by atoms with Crippen molar-refractivity contribution in [1.82, 2.24) is 4.90 Å². The van der Waals surface area contributed by atoms with E-state index in [0.29, 0.717) is 6.10 Å². The first-order valence-corrected chi connectivity index (χ1v) is 8.81. The summed E-state index contributed by atoms with van der Waals surface area (Å²) in [5, 5.41) is 0.735. The van der Waals surface area contributed by atoms with Crippen molar-refractivity contribution in [2.24, 2.45) is 5.73 Å². The molecule has 1 heterocycles. The van der Waals surface area contributed by atoms with Gasteiger partial charge >= 0.3 is 0 Å². The monoisotopic (exact) mass is 374 g/mol. The average Bonchev–Trinajstić information content (AvgIpc) is 2.96. The second kappa shape index (κ2) is 8.49. The minimum absolute atomic E-state index is 0.0239. The van der Waals surface area contributed by atoms with Crippen LogP contribution >= 0.6 is 27.5 Å². The van der Waals surface area contributed by atoms with E-state index in [0.717, 1.165) is 47.7 Å². The molecule has 2 N–H and O–H groups in total. The van der Waals surface area contributed by atoms with Crippen LogP contribution in [0.1, 0.15) is 37.8 Å². The van der Waals surface area contributed by atoms with Crippen molar-refractivity contribution < 1.29 is 4.74 Å². The standard InChI is InChI=1S/C16H24BrClN2O/c1-2-20(11-13-4-3-9-21-13)8-7-16(19)14-6-5-12(17)10-15(14)18/h5-6,10,13,16H,2-4,7-9,11,19H2,1H3. The van der Waals surface area contributed by atoms with Gasteiger partial charge in [0.15, 0.2) is 0 Å². The second-order valence-electron chi connectivity index (χ2n) is 5.59. The number of likely N-dealkylation sites (N-methyl/N-ethyl adjacent to an activating group) is 1. The third kappa shape index (κ3) is 5.22. The largest absolute Gasteiger partial charge is 0.377 e. The highest BCUT2D eigenvalue weighted by atomic mass is 79.9. The number of benzene rings is 1. The highest BCUT2D eigenvalue weighted by Crippen LogP contribution is 2.27. The summed E-state index contributed by atoms with van der Waals surface area (Å²) in [5.74, 6) is 0. The number of hydrogen-bond acceptors (Lipinski definition) is 3. The maximum absolute atomic E-state index is 6.30. The Bertz CT molecular complexity index is 452. The maximum atomic E-state index is 6.30. The van der Waals surface area contributed by atoms with Gasteiger partial charge in [-0.3, -0.25) is 0 Å². The van der Waals surface area contributed by atoms with Gasteiger partial charge in [-0.05, 0) is 43.5 Å². The molecule has 3 nitrogen and oxygen atoms in total. The number of hydrogen-bond donors (Lipinski definition) is 1. The molecule has 0 amide bonds. The topological polar surface area (TPSA) is 38.5 Å². The molecular weight excluding hydrogens is 352 g/mol. The molecule has 0 spiro atoms. The summed E-state index contributed by atoms with van der Waals surface area (Å²) in [4.78, 5) is 2.42. The lowest BCUT2D eigenvalue weighted by molar-refractivity contribution is 0.0738. The summed E-state index contributed by atoms with van der Waals surface area (Å²) in [6.45, 7) is 6.12. The molecule has 2 unspecified atom stereocenters. The Balaban J connectivity index is 1.84. The summed E-state index contributed by atoms with van der Waals surface area (Å²) in [6.07, 6.45) is 3.68. The van der Waals surface area contributed by atoms with Crippen LogP contribution in [0.4, 0.5) is 0 Å². The zero-order chi connectivity index (χ0) is 15.2. The molecule has 1 aliphatic heterocycles. The zero-order valence-electron chi connectivity index (χ0n) is 12.5. The highest BCUT2D eigenvalue weighted by Gasteiger charge is 2.19. The van der Waals surface area contributed by atoms with E-state index < -0.39 is 0 Å². The number of nitrogens with zero attached hydrogens (tertiary/aromatic N) is 1. The first-order valence-electron chi connectivity index (χ1n) is 7.64. The lowest BCUT2D eigenvalue weighted by atomic mass is 10.0. The van der Waals surface area contributed by atoms with Crippen molar-refractivity contribution in [2.75, 3.05) is 26.2 Å². The second-order valence-corrected chi connectivity index (χ2v) is 6.91. The van der Waals surface area contributed by atoms with Crippen molar-refractivity contribution in [2.45, 2.75) is 38.3 Å². The third-order valence-electron chi connectivity index (χ3n) is 4.05. The fourth-order valence-corrected chi connectivity index (χ4v) is 3.55. The average molecular weight is 376 g/mol. The molecule has 1 saturated heterocycles. The Morgan fingerprint density at radius 3 is 2.95 bits per heavy atom. The molecule has 1 aromatic rings. The lowest BCUT2D eigenvalue weighted by Gasteiger charge is -2.25. The van der Waals surface area contributed by atoms with E-state index in [1.807, 2.05) is 18.2 Å². The first kappa shape index (κ1) is 17.2. The Kier molecular flexibility index (Phi) is 6.96. The van der Waals surface area contributed by atoms with Crippen LogP contribution in [0, 0.1) is 0 Å². The van der Waals surface area contributed by atoms with Crippen LogP contribution in [-0.2, 0) is 4.74 Å². The van der Waals surface area contributed by atoms with E-state index in [-0.39, 0.29) is 6.04 Å². The van der Waals surface area contributed by atoms with Crippen molar-refractivity contribution in [3.63, 3.8) is 0 Å². The van der Waals surface area contributed by atoms with Crippen LogP contribution in [0.15, 0.2) is 22.7 Å². The summed E-state index contributed by atoms with van der Waals surface area (Å²) < 4.78 is 6.69. The molecule has 5 heteroatoms. The molecule has 1 fully saturated rings. The fraction of sp³-hybridized carbons (Fsp3) is 0.625. The lowest BCUT2D eigenvalue weighted by Crippen LogP contribution is -2.34. The Hall–Kier alpha value is -0.130. The number of halogens is 2. The summed E-state index contributed by atoms with van der Waals surface area (Å²) in [6, 6.07) is 5.88. The van der Waals surface area contributed by atoms with Crippen LogP contribution in [0.5, 0.6) is 0 Å². The van der Waals surface area contributed by atoms with Gasteiger partial charge in [-0.15, -0.1) is 0 Å². The van der Waals surface area contributed by atoms with Gasteiger partial charge in [0, 0.05) is 35.2 Å². The summed E-state index contributed by atoms with van der Waals surface area (Å²) in [7, 11) is 0. The van der Waals surface area contributed by atoms with E-state index >= 15 is 0 Å². The van der Waals surface area contributed by atoms with Crippen LogP contribution < -0.4 is 5.73 Å². The van der Waals surface area contributed by atoms with E-state index in [1.165, 1.54) is 12.8 Å². The predicted molar refractivity (Wildman–Crippen MR) is 91.8 cm³/mol. The Labute approximate surface area is 140 Å². The molecule has 0 bridgehead atoms. The molecule has 0 saturated carbocycles. The molecule has 1 aliphatic rings. The molecule has 2 rings (SSSR count).